The summed E-state index contributed by atoms with van der Waals surface area (Å²) in [7, 11) is -3.90. The maximum Gasteiger partial charge on any atom is 0.416 e. The molecule has 0 aromatic heterocycles. The molecular weight excluding hydrogens is 452 g/mol. The Balaban J connectivity index is 1.50. The Kier molecular flexibility index (Phi) is 5.66. The second kappa shape index (κ2) is 8.04. The van der Waals surface area contributed by atoms with Gasteiger partial charge in [0.25, 0.3) is 0 Å². The van der Waals surface area contributed by atoms with Gasteiger partial charge in [-0.15, -0.1) is 0 Å². The molecule has 0 saturated carbocycles. The van der Waals surface area contributed by atoms with Crippen LogP contribution in [-0.4, -0.2) is 50.0 Å². The van der Waals surface area contributed by atoms with Crippen LogP contribution in [0, 0.1) is 5.82 Å². The first-order valence-electron chi connectivity index (χ1n) is 9.96. The number of carboxylic acids is 1. The highest BCUT2D eigenvalue weighted by Crippen LogP contribution is 2.36. The zero-order valence-corrected chi connectivity index (χ0v) is 17.6. The van der Waals surface area contributed by atoms with Crippen molar-refractivity contribution in [3.63, 3.8) is 0 Å². The molecule has 0 radical (unpaired) electrons. The molecule has 2 aliphatic rings. The van der Waals surface area contributed by atoms with Gasteiger partial charge in [0.1, 0.15) is 5.82 Å². The molecule has 32 heavy (non-hydrogen) atoms. The van der Waals surface area contributed by atoms with Gasteiger partial charge in [0.15, 0.2) is 0 Å². The number of benzene rings is 2. The number of halogens is 4. The van der Waals surface area contributed by atoms with Gasteiger partial charge in [-0.3, -0.25) is 4.79 Å². The van der Waals surface area contributed by atoms with Crippen LogP contribution in [0.3, 0.4) is 0 Å². The molecule has 172 valence electrons. The van der Waals surface area contributed by atoms with Crippen molar-refractivity contribution in [3.8, 4) is 0 Å². The van der Waals surface area contributed by atoms with Crippen LogP contribution in [0.25, 0.3) is 0 Å². The number of nitrogens with zero attached hydrogens (tertiary/aromatic N) is 2. The van der Waals surface area contributed by atoms with Crippen LogP contribution in [0.2, 0.25) is 0 Å². The lowest BCUT2D eigenvalue weighted by molar-refractivity contribution is -0.139. The normalized spacial score (nSPS) is 19.8. The summed E-state index contributed by atoms with van der Waals surface area (Å²) in [5.74, 6) is -2.75. The fraction of sp³-hybridized carbons (Fsp3) is 0.381. The predicted molar refractivity (Wildman–Crippen MR) is 108 cm³/mol. The van der Waals surface area contributed by atoms with E-state index in [1.54, 1.807) is 6.07 Å². The third kappa shape index (κ3) is 4.06. The quantitative estimate of drug-likeness (QED) is 0.690. The molecule has 1 aliphatic heterocycles. The molecule has 11 heteroatoms. The van der Waals surface area contributed by atoms with Crippen molar-refractivity contribution in [2.24, 2.45) is 0 Å². The maximum absolute atomic E-state index is 14.3. The first-order valence-corrected chi connectivity index (χ1v) is 11.4. The summed E-state index contributed by atoms with van der Waals surface area (Å²) < 4.78 is 79.9. The largest absolute Gasteiger partial charge is 0.481 e. The Morgan fingerprint density at radius 3 is 2.31 bits per heavy atom. The van der Waals surface area contributed by atoms with Gasteiger partial charge in [-0.05, 0) is 54.3 Å². The Hall–Kier alpha value is -2.66. The van der Waals surface area contributed by atoms with Crippen molar-refractivity contribution in [3.05, 3.63) is 58.9 Å². The Morgan fingerprint density at radius 1 is 1.03 bits per heavy atom. The number of aryl methyl sites for hydroxylation is 1. The second-order valence-electron chi connectivity index (χ2n) is 7.85. The van der Waals surface area contributed by atoms with Gasteiger partial charge in [0.05, 0.1) is 22.1 Å². The Labute approximate surface area is 182 Å². The van der Waals surface area contributed by atoms with Crippen molar-refractivity contribution >= 4 is 21.7 Å². The van der Waals surface area contributed by atoms with E-state index in [4.69, 9.17) is 0 Å². The highest BCUT2D eigenvalue weighted by Gasteiger charge is 2.34. The number of sulfonamides is 1. The van der Waals surface area contributed by atoms with Crippen molar-refractivity contribution in [1.82, 2.24) is 4.31 Å². The molecule has 0 amide bonds. The van der Waals surface area contributed by atoms with E-state index in [0.717, 1.165) is 17.7 Å². The average molecular weight is 472 g/mol. The van der Waals surface area contributed by atoms with Gasteiger partial charge in [0.2, 0.25) is 10.0 Å². The van der Waals surface area contributed by atoms with E-state index < -0.39 is 39.5 Å². The molecular formula is C21H20F4N2O4S. The number of anilines is 1. The van der Waals surface area contributed by atoms with E-state index in [0.29, 0.717) is 24.5 Å². The number of hydrogen-bond donors (Lipinski definition) is 1. The molecule has 4 rings (SSSR count). The number of rotatable bonds is 4. The smallest absolute Gasteiger partial charge is 0.416 e. The summed E-state index contributed by atoms with van der Waals surface area (Å²) in [4.78, 5) is 12.9. The van der Waals surface area contributed by atoms with Crippen molar-refractivity contribution in [1.29, 1.82) is 0 Å². The Bertz CT molecular complexity index is 1160. The fourth-order valence-electron chi connectivity index (χ4n) is 4.26. The molecule has 0 spiro atoms. The van der Waals surface area contributed by atoms with Crippen molar-refractivity contribution in [2.75, 3.05) is 31.1 Å². The number of alkyl halides is 3. The third-order valence-electron chi connectivity index (χ3n) is 5.99. The van der Waals surface area contributed by atoms with Gasteiger partial charge in [-0.2, -0.15) is 17.5 Å². The van der Waals surface area contributed by atoms with Crippen LogP contribution in [-0.2, 0) is 27.4 Å². The van der Waals surface area contributed by atoms with Crippen LogP contribution in [0.15, 0.2) is 41.3 Å². The SMILES string of the molecule is O=C(O)C1CCc2ccc(S(=O)(=O)N3CCN(c4ccc(C(F)(F)F)cc4F)CC3)cc21. The van der Waals surface area contributed by atoms with E-state index in [1.165, 1.54) is 21.3 Å². The summed E-state index contributed by atoms with van der Waals surface area (Å²) in [5.41, 5.74) is 0.219. The average Bonchev–Trinajstić information content (AvgIpc) is 3.17. The van der Waals surface area contributed by atoms with Gasteiger partial charge >= 0.3 is 12.1 Å². The lowest BCUT2D eigenvalue weighted by atomic mass is 10.0. The first-order chi connectivity index (χ1) is 15.0. The zero-order valence-electron chi connectivity index (χ0n) is 16.8. The first kappa shape index (κ1) is 22.5. The number of fused-ring (bicyclic) bond motifs is 1. The minimum atomic E-state index is -4.65. The molecule has 1 unspecified atom stereocenters. The summed E-state index contributed by atoms with van der Waals surface area (Å²) in [6, 6.07) is 6.79. The number of hydrogen-bond acceptors (Lipinski definition) is 4. The topological polar surface area (TPSA) is 77.9 Å². The molecule has 2 aromatic rings. The van der Waals surface area contributed by atoms with E-state index in [-0.39, 0.29) is 36.8 Å². The highest BCUT2D eigenvalue weighted by molar-refractivity contribution is 7.89. The van der Waals surface area contributed by atoms with Crippen molar-refractivity contribution in [2.45, 2.75) is 29.8 Å². The van der Waals surface area contributed by atoms with Gasteiger partial charge < -0.3 is 10.0 Å². The van der Waals surface area contributed by atoms with Gasteiger partial charge in [-0.1, -0.05) is 6.07 Å². The van der Waals surface area contributed by atoms with Gasteiger partial charge in [0, 0.05) is 26.2 Å². The van der Waals surface area contributed by atoms with E-state index in [2.05, 4.69) is 0 Å². The van der Waals surface area contributed by atoms with Crippen LogP contribution >= 0.6 is 0 Å². The third-order valence-corrected chi connectivity index (χ3v) is 7.88. The minimum Gasteiger partial charge on any atom is -0.481 e. The lowest BCUT2D eigenvalue weighted by Gasteiger charge is -2.35. The summed E-state index contributed by atoms with van der Waals surface area (Å²) in [6.45, 7) is 0.235. The van der Waals surface area contributed by atoms with E-state index >= 15 is 0 Å². The lowest BCUT2D eigenvalue weighted by Crippen LogP contribution is -2.49. The molecule has 1 atom stereocenters. The molecule has 1 saturated heterocycles. The maximum atomic E-state index is 14.3. The molecule has 1 N–H and O–H groups in total. The number of piperazine rings is 1. The summed E-state index contributed by atoms with van der Waals surface area (Å²) in [5, 5.41) is 9.37. The molecule has 1 fully saturated rings. The van der Waals surface area contributed by atoms with Gasteiger partial charge in [-0.25, -0.2) is 12.8 Å². The van der Waals surface area contributed by atoms with Crippen LogP contribution in [0.4, 0.5) is 23.2 Å². The van der Waals surface area contributed by atoms with E-state index in [9.17, 15) is 35.9 Å². The zero-order chi connectivity index (χ0) is 23.3. The van der Waals surface area contributed by atoms with Crippen LogP contribution < -0.4 is 4.90 Å². The summed E-state index contributed by atoms with van der Waals surface area (Å²) in [6.07, 6.45) is -3.66. The monoisotopic (exact) mass is 472 g/mol. The summed E-state index contributed by atoms with van der Waals surface area (Å²) >= 11 is 0. The number of aliphatic carboxylic acids is 1. The standard InChI is InChI=1S/C21H20F4N2O4S/c22-18-11-14(21(23,24)25)3-6-19(18)26-7-9-27(10-8-26)32(30,31)15-4-1-13-2-5-16(20(28)29)17(13)12-15/h1,3-4,6,11-12,16H,2,5,7-10H2,(H,28,29). The molecule has 1 aliphatic carbocycles. The number of carboxylic acid groups (broad SMARTS) is 1. The molecule has 0 bridgehead atoms. The second-order valence-corrected chi connectivity index (χ2v) is 9.78. The fourth-order valence-corrected chi connectivity index (χ4v) is 5.71. The molecule has 2 aromatic carbocycles. The number of carbonyl (C=O) groups is 1. The molecule has 1 heterocycles. The van der Waals surface area contributed by atoms with Crippen molar-refractivity contribution < 1.29 is 35.9 Å². The van der Waals surface area contributed by atoms with Crippen LogP contribution in [0.1, 0.15) is 29.0 Å². The minimum absolute atomic E-state index is 0.00133. The predicted octanol–water partition coefficient (Wildman–Crippen LogP) is 3.47. The highest BCUT2D eigenvalue weighted by atomic mass is 32.2. The Morgan fingerprint density at radius 2 is 1.72 bits per heavy atom. The molecule has 6 nitrogen and oxygen atoms in total. The van der Waals surface area contributed by atoms with Crippen LogP contribution in [0.5, 0.6) is 0 Å². The van der Waals surface area contributed by atoms with E-state index in [1.807, 2.05) is 0 Å².